The fraction of sp³-hybridized carbons (Fsp3) is 0.647. The van der Waals surface area contributed by atoms with Gasteiger partial charge in [-0.1, -0.05) is 37.2 Å². The number of carbonyl (C=O) groups excluding carboxylic acids is 2. The van der Waals surface area contributed by atoms with Crippen molar-refractivity contribution in [3.05, 3.63) is 36.0 Å². The van der Waals surface area contributed by atoms with E-state index in [1.54, 1.807) is 6.20 Å². The highest BCUT2D eigenvalue weighted by Crippen LogP contribution is 2.66. The molecule has 10 heteroatoms. The van der Waals surface area contributed by atoms with Gasteiger partial charge in [0.15, 0.2) is 6.61 Å². The Kier molecular flexibility index (Phi) is 8.48. The van der Waals surface area contributed by atoms with E-state index >= 15 is 0 Å². The predicted octanol–water partition coefficient (Wildman–Crippen LogP) is 4.17. The number of benzene rings is 1. The normalized spacial score (nSPS) is 34.4. The minimum atomic E-state index is -1.15. The average Bonchev–Trinajstić information content (AvgIpc) is 3.55. The highest BCUT2D eigenvalue weighted by molar-refractivity contribution is 5.89. The van der Waals surface area contributed by atoms with E-state index in [1.165, 1.54) is 19.3 Å². The number of aliphatic hydroxyl groups is 1. The third-order valence-corrected chi connectivity index (χ3v) is 12.0. The maximum Gasteiger partial charge on any atom is 0.326 e. The van der Waals surface area contributed by atoms with E-state index in [2.05, 4.69) is 34.6 Å². The van der Waals surface area contributed by atoms with Crippen LogP contribution in [0.5, 0.6) is 0 Å². The van der Waals surface area contributed by atoms with Crippen LogP contribution in [0.3, 0.4) is 0 Å². The van der Waals surface area contributed by atoms with Gasteiger partial charge in [-0.2, -0.15) is 0 Å². The molecule has 0 aliphatic heterocycles. The van der Waals surface area contributed by atoms with E-state index in [0.717, 1.165) is 60.7 Å². The topological polar surface area (TPSA) is 153 Å². The van der Waals surface area contributed by atoms with Crippen molar-refractivity contribution in [3.8, 4) is 0 Å². The molecule has 10 nitrogen and oxygen atoms in total. The van der Waals surface area contributed by atoms with Gasteiger partial charge in [0.2, 0.25) is 5.91 Å². The number of aromatic nitrogens is 1. The van der Waals surface area contributed by atoms with Crippen LogP contribution in [-0.2, 0) is 25.6 Å². The number of carboxylic acids is 1. The molecule has 2 aromatic rings. The summed E-state index contributed by atoms with van der Waals surface area (Å²) < 4.78 is 0. The minimum Gasteiger partial charge on any atom is -0.480 e. The molecule has 1 heterocycles. The van der Waals surface area contributed by atoms with Gasteiger partial charge in [-0.25, -0.2) is 4.79 Å². The summed E-state index contributed by atoms with van der Waals surface area (Å²) in [6, 6.07) is 6.44. The minimum absolute atomic E-state index is 0.0939. The van der Waals surface area contributed by atoms with Crippen LogP contribution in [0.15, 0.2) is 35.6 Å². The molecule has 4 saturated carbocycles. The average molecular weight is 607 g/mol. The van der Waals surface area contributed by atoms with Crippen LogP contribution in [0.2, 0.25) is 0 Å². The second kappa shape index (κ2) is 12.2. The first-order valence-corrected chi connectivity index (χ1v) is 16.3. The van der Waals surface area contributed by atoms with E-state index in [9.17, 15) is 24.6 Å². The van der Waals surface area contributed by atoms with Crippen molar-refractivity contribution in [2.75, 3.05) is 13.2 Å². The zero-order valence-corrected chi connectivity index (χ0v) is 25.8. The molecule has 0 unspecified atom stereocenters. The summed E-state index contributed by atoms with van der Waals surface area (Å²) in [4.78, 5) is 45.2. The second-order valence-corrected chi connectivity index (χ2v) is 14.2. The molecule has 5 N–H and O–H groups in total. The number of aliphatic hydroxyl groups excluding tert-OH is 1. The summed E-state index contributed by atoms with van der Waals surface area (Å²) in [7, 11) is 0. The van der Waals surface area contributed by atoms with Crippen molar-refractivity contribution in [2.45, 2.75) is 90.2 Å². The van der Waals surface area contributed by atoms with Crippen LogP contribution >= 0.6 is 0 Å². The van der Waals surface area contributed by atoms with Gasteiger partial charge in [0, 0.05) is 23.5 Å². The predicted molar refractivity (Wildman–Crippen MR) is 166 cm³/mol. The van der Waals surface area contributed by atoms with Crippen LogP contribution in [0, 0.1) is 34.5 Å². The molecular formula is C34H46N4O6. The van der Waals surface area contributed by atoms with E-state index in [0.29, 0.717) is 23.7 Å². The number of oxime groups is 1. The molecule has 0 saturated heterocycles. The van der Waals surface area contributed by atoms with Gasteiger partial charge in [0.1, 0.15) is 6.04 Å². The first-order chi connectivity index (χ1) is 21.1. The van der Waals surface area contributed by atoms with Gasteiger partial charge in [-0.05, 0) is 104 Å². The number of hydrogen-bond acceptors (Lipinski definition) is 6. The fourth-order valence-electron chi connectivity index (χ4n) is 9.49. The zero-order chi connectivity index (χ0) is 31.1. The Morgan fingerprint density at radius 2 is 1.84 bits per heavy atom. The molecule has 2 amide bonds. The smallest absolute Gasteiger partial charge is 0.326 e. The largest absolute Gasteiger partial charge is 0.480 e. The Morgan fingerprint density at radius 3 is 2.66 bits per heavy atom. The Labute approximate surface area is 258 Å². The van der Waals surface area contributed by atoms with Crippen molar-refractivity contribution in [2.24, 2.45) is 39.7 Å². The van der Waals surface area contributed by atoms with Crippen LogP contribution < -0.4 is 10.6 Å². The lowest BCUT2D eigenvalue weighted by molar-refractivity contribution is -0.141. The lowest BCUT2D eigenvalue weighted by atomic mass is 9.45. The molecule has 4 aliphatic rings. The van der Waals surface area contributed by atoms with Gasteiger partial charge in [0.05, 0.1) is 18.4 Å². The molecule has 238 valence electrons. The van der Waals surface area contributed by atoms with E-state index in [4.69, 9.17) is 4.84 Å². The van der Waals surface area contributed by atoms with Crippen molar-refractivity contribution >= 4 is 34.4 Å². The van der Waals surface area contributed by atoms with E-state index in [1.807, 2.05) is 24.3 Å². The fourth-order valence-corrected chi connectivity index (χ4v) is 9.49. The van der Waals surface area contributed by atoms with Gasteiger partial charge in [0.25, 0.3) is 5.91 Å². The lowest BCUT2D eigenvalue weighted by Gasteiger charge is -2.60. The third-order valence-electron chi connectivity index (χ3n) is 12.0. The maximum absolute atomic E-state index is 12.5. The number of rotatable bonds is 9. The number of hydrogen-bond donors (Lipinski definition) is 5. The van der Waals surface area contributed by atoms with E-state index in [-0.39, 0.29) is 36.5 Å². The number of fused-ring (bicyclic) bond motifs is 6. The van der Waals surface area contributed by atoms with Crippen LogP contribution in [0.1, 0.15) is 77.2 Å². The summed E-state index contributed by atoms with van der Waals surface area (Å²) >= 11 is 0. The molecule has 4 fully saturated rings. The SMILES string of the molecule is C[C@]12CC/C(=N/OCC(=O)NCC(=O)N[C@@H](Cc3c[nH]c4ccccc34)C(=O)O)C[C@@H]1CC[C@@H]1[C@@H]2CC[C@]2(C)[C@H](O)CC[C@@H]12. The second-order valence-electron chi connectivity index (χ2n) is 14.2. The van der Waals surface area contributed by atoms with Crippen LogP contribution in [0.25, 0.3) is 10.9 Å². The van der Waals surface area contributed by atoms with Crippen LogP contribution in [0.4, 0.5) is 0 Å². The molecule has 4 aliphatic carbocycles. The lowest BCUT2D eigenvalue weighted by Crippen LogP contribution is -2.54. The Morgan fingerprint density at radius 1 is 1.05 bits per heavy atom. The number of carbonyl (C=O) groups is 3. The molecule has 1 aromatic carbocycles. The summed E-state index contributed by atoms with van der Waals surface area (Å²) in [6.07, 6.45) is 11.4. The Bertz CT molecular complexity index is 1440. The Balaban J connectivity index is 0.951. The van der Waals surface area contributed by atoms with Gasteiger partial charge in [-0.3, -0.25) is 9.59 Å². The first kappa shape index (κ1) is 30.6. The molecule has 0 bridgehead atoms. The number of nitrogens with one attached hydrogen (secondary N) is 3. The summed E-state index contributed by atoms with van der Waals surface area (Å²) in [5.74, 6) is 0.383. The molecule has 0 spiro atoms. The van der Waals surface area contributed by atoms with E-state index < -0.39 is 23.8 Å². The number of amides is 2. The van der Waals surface area contributed by atoms with Gasteiger partial charge < -0.3 is 30.7 Å². The number of carboxylic acid groups (broad SMARTS) is 1. The van der Waals surface area contributed by atoms with Crippen LogP contribution in [-0.4, -0.2) is 64.0 Å². The third kappa shape index (κ3) is 5.73. The molecule has 8 atom stereocenters. The summed E-state index contributed by atoms with van der Waals surface area (Å²) in [5, 5.41) is 30.6. The number of H-pyrrole nitrogens is 1. The highest BCUT2D eigenvalue weighted by atomic mass is 16.6. The van der Waals surface area contributed by atoms with Crippen molar-refractivity contribution < 1.29 is 29.4 Å². The van der Waals surface area contributed by atoms with Crippen molar-refractivity contribution in [1.29, 1.82) is 0 Å². The number of para-hydroxylation sites is 1. The number of aromatic amines is 1. The summed E-state index contributed by atoms with van der Waals surface area (Å²) in [6.45, 7) is 4.15. The van der Waals surface area contributed by atoms with Crippen molar-refractivity contribution in [1.82, 2.24) is 15.6 Å². The maximum atomic E-state index is 12.5. The number of aliphatic carboxylic acids is 1. The molecule has 6 rings (SSSR count). The molecule has 44 heavy (non-hydrogen) atoms. The molecule has 1 aromatic heterocycles. The zero-order valence-electron chi connectivity index (χ0n) is 25.8. The first-order valence-electron chi connectivity index (χ1n) is 16.3. The number of nitrogens with zero attached hydrogens (tertiary/aromatic N) is 1. The Hall–Kier alpha value is -3.40. The quantitative estimate of drug-likeness (QED) is 0.270. The van der Waals surface area contributed by atoms with Gasteiger partial charge in [-0.15, -0.1) is 0 Å². The molecular weight excluding hydrogens is 560 g/mol. The molecule has 0 radical (unpaired) electrons. The highest BCUT2D eigenvalue weighted by Gasteiger charge is 2.59. The van der Waals surface area contributed by atoms with Crippen molar-refractivity contribution in [3.63, 3.8) is 0 Å². The summed E-state index contributed by atoms with van der Waals surface area (Å²) in [5.41, 5.74) is 3.05. The monoisotopic (exact) mass is 606 g/mol. The standard InChI is InChI=1S/C34H46N4O6/c1-33-13-11-22(16-21(33)7-8-24-25-9-10-29(39)34(25,2)14-12-26(24)33)38-44-19-31(41)36-18-30(40)37-28(32(42)43)15-20-17-35-27-6-4-3-5-23(20)27/h3-6,17,21,24-26,28-29,35,39H,7-16,18-19H2,1-2H3,(H,36,41)(H,37,40)(H,42,43)/b38-22-/t21-,24-,25-,26-,28-,29+,33-,34-/m0/s1. The van der Waals surface area contributed by atoms with Gasteiger partial charge >= 0.3 is 5.97 Å².